The van der Waals surface area contributed by atoms with Gasteiger partial charge in [0.2, 0.25) is 0 Å². The first-order valence-electron chi connectivity index (χ1n) is 5.21. The van der Waals surface area contributed by atoms with Crippen molar-refractivity contribution in [1.29, 1.82) is 0 Å². The normalized spacial score (nSPS) is 18.5. The molecule has 0 heterocycles. The molecule has 2 N–H and O–H groups in total. The van der Waals surface area contributed by atoms with Crippen LogP contribution in [0.25, 0.3) is 0 Å². The molecule has 1 saturated carbocycles. The topological polar surface area (TPSA) is 55.6 Å². The van der Waals surface area contributed by atoms with E-state index in [4.69, 9.17) is 10.5 Å². The van der Waals surface area contributed by atoms with Crippen molar-refractivity contribution in [2.24, 2.45) is 11.1 Å². The molecule has 0 aromatic carbocycles. The number of amides is 1. The smallest absolute Gasteiger partial charge is 0.409 e. The molecule has 0 aromatic rings. The highest BCUT2D eigenvalue weighted by molar-refractivity contribution is 5.67. The van der Waals surface area contributed by atoms with Gasteiger partial charge in [-0.15, -0.1) is 0 Å². The largest absolute Gasteiger partial charge is 0.450 e. The quantitative estimate of drug-likeness (QED) is 0.742. The fraction of sp³-hybridized carbons (Fsp3) is 0.900. The number of nitrogens with two attached hydrogens (primary N) is 1. The molecule has 0 aliphatic heterocycles. The Morgan fingerprint density at radius 3 is 2.57 bits per heavy atom. The second-order valence-corrected chi connectivity index (χ2v) is 4.11. The van der Waals surface area contributed by atoms with Crippen LogP contribution < -0.4 is 5.73 Å². The lowest BCUT2D eigenvalue weighted by Gasteiger charge is -2.43. The lowest BCUT2D eigenvalue weighted by molar-refractivity contribution is 0.0649. The van der Waals surface area contributed by atoms with Gasteiger partial charge in [0.25, 0.3) is 0 Å². The molecule has 4 nitrogen and oxygen atoms in total. The van der Waals surface area contributed by atoms with Crippen molar-refractivity contribution in [3.05, 3.63) is 0 Å². The molecule has 0 aromatic heterocycles. The predicted molar refractivity (Wildman–Crippen MR) is 55.0 cm³/mol. The summed E-state index contributed by atoms with van der Waals surface area (Å²) in [6, 6.07) is 0. The van der Waals surface area contributed by atoms with E-state index in [1.165, 1.54) is 6.42 Å². The van der Waals surface area contributed by atoms with E-state index in [-0.39, 0.29) is 11.5 Å². The minimum atomic E-state index is -0.243. The Balaban J connectivity index is 2.38. The minimum absolute atomic E-state index is 0.168. The predicted octanol–water partition coefficient (Wildman–Crippen LogP) is 1.20. The highest BCUT2D eigenvalue weighted by Gasteiger charge is 2.37. The zero-order chi connectivity index (χ0) is 10.6. The van der Waals surface area contributed by atoms with E-state index in [2.05, 4.69) is 0 Å². The van der Waals surface area contributed by atoms with Crippen molar-refractivity contribution in [3.8, 4) is 0 Å². The maximum atomic E-state index is 11.3. The number of hydrogen-bond donors (Lipinski definition) is 1. The van der Waals surface area contributed by atoms with Crippen molar-refractivity contribution in [2.45, 2.75) is 26.2 Å². The second-order valence-electron chi connectivity index (χ2n) is 4.11. The second kappa shape index (κ2) is 4.64. The van der Waals surface area contributed by atoms with Gasteiger partial charge in [-0.2, -0.15) is 0 Å². The third kappa shape index (κ3) is 2.38. The first-order valence-corrected chi connectivity index (χ1v) is 5.21. The van der Waals surface area contributed by atoms with E-state index in [1.54, 1.807) is 11.9 Å². The summed E-state index contributed by atoms with van der Waals surface area (Å²) in [6.45, 7) is 3.63. The van der Waals surface area contributed by atoms with Gasteiger partial charge in [0.05, 0.1) is 6.61 Å². The summed E-state index contributed by atoms with van der Waals surface area (Å²) in [7, 11) is 1.77. The standard InChI is InChI=1S/C10H20N2O2/c1-3-14-9(13)12(2)8-10(7-11)5-4-6-10/h3-8,11H2,1-2H3. The summed E-state index contributed by atoms with van der Waals surface area (Å²) in [4.78, 5) is 13.0. The Bertz CT molecular complexity index is 197. The Kier molecular flexibility index (Phi) is 3.75. The summed E-state index contributed by atoms with van der Waals surface area (Å²) in [6.07, 6.45) is 3.25. The van der Waals surface area contributed by atoms with Crippen LogP contribution in [0.1, 0.15) is 26.2 Å². The van der Waals surface area contributed by atoms with Crippen LogP contribution in [0.5, 0.6) is 0 Å². The summed E-state index contributed by atoms with van der Waals surface area (Å²) in [5, 5.41) is 0. The number of carbonyl (C=O) groups excluding carboxylic acids is 1. The van der Waals surface area contributed by atoms with Crippen molar-refractivity contribution in [1.82, 2.24) is 4.90 Å². The number of nitrogens with zero attached hydrogens (tertiary/aromatic N) is 1. The molecule has 0 spiro atoms. The molecule has 0 radical (unpaired) electrons. The van der Waals surface area contributed by atoms with Crippen LogP contribution in [0.3, 0.4) is 0 Å². The monoisotopic (exact) mass is 200 g/mol. The molecule has 1 rings (SSSR count). The number of hydrogen-bond acceptors (Lipinski definition) is 3. The van der Waals surface area contributed by atoms with Crippen LogP contribution in [0.15, 0.2) is 0 Å². The SMILES string of the molecule is CCOC(=O)N(C)CC1(CN)CCC1. The molecule has 1 aliphatic rings. The lowest BCUT2D eigenvalue weighted by atomic mass is 9.68. The molecule has 1 amide bonds. The molecule has 0 saturated heterocycles. The maximum absolute atomic E-state index is 11.3. The van der Waals surface area contributed by atoms with Crippen molar-refractivity contribution in [3.63, 3.8) is 0 Å². The highest BCUT2D eigenvalue weighted by Crippen LogP contribution is 2.40. The van der Waals surface area contributed by atoms with Gasteiger partial charge in [-0.25, -0.2) is 4.79 Å². The molecule has 82 valence electrons. The Morgan fingerprint density at radius 1 is 1.57 bits per heavy atom. The Hall–Kier alpha value is -0.770. The zero-order valence-electron chi connectivity index (χ0n) is 9.08. The summed E-state index contributed by atoms with van der Waals surface area (Å²) in [5.74, 6) is 0. The van der Waals surface area contributed by atoms with Crippen LogP contribution in [0, 0.1) is 5.41 Å². The summed E-state index contributed by atoms with van der Waals surface area (Å²) < 4.78 is 4.91. The van der Waals surface area contributed by atoms with Crippen molar-refractivity contribution >= 4 is 6.09 Å². The van der Waals surface area contributed by atoms with Gasteiger partial charge in [-0.05, 0) is 26.3 Å². The van der Waals surface area contributed by atoms with Gasteiger partial charge in [-0.3, -0.25) is 0 Å². The molecule has 1 fully saturated rings. The Morgan fingerprint density at radius 2 is 2.21 bits per heavy atom. The molecule has 0 bridgehead atoms. The molecule has 14 heavy (non-hydrogen) atoms. The third-order valence-corrected chi connectivity index (χ3v) is 3.00. The first-order chi connectivity index (χ1) is 6.63. The van der Waals surface area contributed by atoms with Gasteiger partial charge in [0, 0.05) is 19.0 Å². The van der Waals surface area contributed by atoms with Gasteiger partial charge >= 0.3 is 6.09 Å². The van der Waals surface area contributed by atoms with Gasteiger partial charge in [0.1, 0.15) is 0 Å². The van der Waals surface area contributed by atoms with Crippen molar-refractivity contribution < 1.29 is 9.53 Å². The van der Waals surface area contributed by atoms with E-state index >= 15 is 0 Å². The molecule has 1 aliphatic carbocycles. The maximum Gasteiger partial charge on any atom is 0.409 e. The van der Waals surface area contributed by atoms with E-state index in [0.29, 0.717) is 13.2 Å². The molecule has 4 heteroatoms. The number of rotatable bonds is 4. The molecule has 0 unspecified atom stereocenters. The van der Waals surface area contributed by atoms with Gasteiger partial charge < -0.3 is 15.4 Å². The fourth-order valence-electron chi connectivity index (χ4n) is 1.90. The highest BCUT2D eigenvalue weighted by atomic mass is 16.5. The zero-order valence-corrected chi connectivity index (χ0v) is 9.08. The third-order valence-electron chi connectivity index (χ3n) is 3.00. The van der Waals surface area contributed by atoms with Crippen LogP contribution in [0.2, 0.25) is 0 Å². The average molecular weight is 200 g/mol. The first kappa shape index (κ1) is 11.3. The van der Waals surface area contributed by atoms with Crippen LogP contribution in [-0.2, 0) is 4.74 Å². The lowest BCUT2D eigenvalue weighted by Crippen LogP contribution is -2.47. The number of carbonyl (C=O) groups is 1. The van der Waals surface area contributed by atoms with E-state index < -0.39 is 0 Å². The summed E-state index contributed by atoms with van der Waals surface area (Å²) >= 11 is 0. The van der Waals surface area contributed by atoms with Crippen LogP contribution >= 0.6 is 0 Å². The van der Waals surface area contributed by atoms with Gasteiger partial charge in [-0.1, -0.05) is 6.42 Å². The molecular weight excluding hydrogens is 180 g/mol. The minimum Gasteiger partial charge on any atom is -0.450 e. The average Bonchev–Trinajstić information content (AvgIpc) is 2.11. The van der Waals surface area contributed by atoms with E-state index in [9.17, 15) is 4.79 Å². The number of ether oxygens (including phenoxy) is 1. The van der Waals surface area contributed by atoms with Gasteiger partial charge in [0.15, 0.2) is 0 Å². The fourth-order valence-corrected chi connectivity index (χ4v) is 1.90. The van der Waals surface area contributed by atoms with Crippen LogP contribution in [0.4, 0.5) is 4.79 Å². The molecular formula is C10H20N2O2. The van der Waals surface area contributed by atoms with E-state index in [0.717, 1.165) is 19.4 Å². The summed E-state index contributed by atoms with van der Waals surface area (Å²) in [5.41, 5.74) is 5.88. The van der Waals surface area contributed by atoms with Crippen molar-refractivity contribution in [2.75, 3.05) is 26.7 Å². The van der Waals surface area contributed by atoms with Crippen LogP contribution in [-0.4, -0.2) is 37.7 Å². The molecule has 0 atom stereocenters. The Labute approximate surface area is 85.4 Å². The van der Waals surface area contributed by atoms with E-state index in [1.807, 2.05) is 6.92 Å².